The first-order valence-electron chi connectivity index (χ1n) is 8.21. The minimum absolute atomic E-state index is 0.0757. The zero-order chi connectivity index (χ0) is 18.5. The molecular formula is C19H19N5O2. The molecule has 132 valence electrons. The average molecular weight is 349 g/mol. The molecule has 0 saturated carbocycles. The van der Waals surface area contributed by atoms with E-state index in [-0.39, 0.29) is 17.7 Å². The quantitative estimate of drug-likeness (QED) is 0.658. The van der Waals surface area contributed by atoms with Crippen LogP contribution in [0.4, 0.5) is 11.4 Å². The van der Waals surface area contributed by atoms with Gasteiger partial charge < -0.3 is 10.6 Å². The highest BCUT2D eigenvalue weighted by atomic mass is 16.2. The van der Waals surface area contributed by atoms with Gasteiger partial charge in [-0.2, -0.15) is 5.10 Å². The Labute approximate surface area is 150 Å². The van der Waals surface area contributed by atoms with Crippen molar-refractivity contribution in [1.29, 1.82) is 0 Å². The molecule has 0 atom stereocenters. The minimum atomic E-state index is -0.251. The summed E-state index contributed by atoms with van der Waals surface area (Å²) in [6.07, 6.45) is 1.42. The Morgan fingerprint density at radius 1 is 1.00 bits per heavy atom. The molecule has 0 spiro atoms. The first-order chi connectivity index (χ1) is 12.5. The number of hydrogen-bond donors (Lipinski definition) is 3. The van der Waals surface area contributed by atoms with Crippen LogP contribution in [0.25, 0.3) is 11.4 Å². The molecule has 0 aliphatic carbocycles. The number of hydrogen-bond acceptors (Lipinski definition) is 4. The van der Waals surface area contributed by atoms with Crippen LogP contribution in [0.1, 0.15) is 24.2 Å². The predicted molar refractivity (Wildman–Crippen MR) is 99.7 cm³/mol. The summed E-state index contributed by atoms with van der Waals surface area (Å²) < 4.78 is 0. The van der Waals surface area contributed by atoms with Crippen LogP contribution in [0.5, 0.6) is 0 Å². The topological polar surface area (TPSA) is 99.8 Å². The van der Waals surface area contributed by atoms with E-state index in [4.69, 9.17) is 0 Å². The van der Waals surface area contributed by atoms with E-state index in [1.165, 1.54) is 6.33 Å². The number of carbonyl (C=O) groups excluding carboxylic acids is 2. The number of benzene rings is 2. The molecule has 3 N–H and O–H groups in total. The van der Waals surface area contributed by atoms with Gasteiger partial charge in [-0.05, 0) is 30.3 Å². The maximum atomic E-state index is 12.5. The van der Waals surface area contributed by atoms with Crippen molar-refractivity contribution in [2.24, 2.45) is 5.92 Å². The van der Waals surface area contributed by atoms with Gasteiger partial charge in [-0.1, -0.05) is 32.0 Å². The predicted octanol–water partition coefficient (Wildman–Crippen LogP) is 3.32. The molecule has 0 bridgehead atoms. The normalized spacial score (nSPS) is 10.6. The fourth-order valence-electron chi connectivity index (χ4n) is 2.32. The molecule has 26 heavy (non-hydrogen) atoms. The Balaban J connectivity index is 1.74. The number of rotatable bonds is 5. The van der Waals surface area contributed by atoms with E-state index in [1.807, 2.05) is 19.9 Å². The van der Waals surface area contributed by atoms with E-state index in [2.05, 4.69) is 25.8 Å². The maximum Gasteiger partial charge on any atom is 0.255 e. The zero-order valence-corrected chi connectivity index (χ0v) is 14.5. The third kappa shape index (κ3) is 4.13. The van der Waals surface area contributed by atoms with E-state index in [9.17, 15) is 9.59 Å². The Morgan fingerprint density at radius 2 is 1.73 bits per heavy atom. The van der Waals surface area contributed by atoms with E-state index >= 15 is 0 Å². The van der Waals surface area contributed by atoms with E-state index in [0.717, 1.165) is 5.56 Å². The fraction of sp³-hybridized carbons (Fsp3) is 0.158. The Kier molecular flexibility index (Phi) is 5.07. The molecule has 7 heteroatoms. The summed E-state index contributed by atoms with van der Waals surface area (Å²) in [4.78, 5) is 28.4. The number of aromatic nitrogens is 3. The summed E-state index contributed by atoms with van der Waals surface area (Å²) in [5, 5.41) is 12.2. The number of anilines is 2. The van der Waals surface area contributed by atoms with Gasteiger partial charge >= 0.3 is 0 Å². The molecule has 0 fully saturated rings. The Bertz CT molecular complexity index is 919. The molecule has 2 amide bonds. The van der Waals surface area contributed by atoms with Gasteiger partial charge in [0.2, 0.25) is 5.91 Å². The second-order valence-corrected chi connectivity index (χ2v) is 6.09. The Hall–Kier alpha value is -3.48. The van der Waals surface area contributed by atoms with Gasteiger partial charge in [-0.3, -0.25) is 14.7 Å². The number of nitrogens with one attached hydrogen (secondary N) is 3. The van der Waals surface area contributed by atoms with Crippen molar-refractivity contribution in [3.8, 4) is 11.4 Å². The van der Waals surface area contributed by atoms with E-state index in [0.29, 0.717) is 22.8 Å². The lowest BCUT2D eigenvalue weighted by Crippen LogP contribution is -2.18. The molecule has 3 aromatic rings. The van der Waals surface area contributed by atoms with E-state index < -0.39 is 0 Å². The van der Waals surface area contributed by atoms with Crippen molar-refractivity contribution in [2.45, 2.75) is 13.8 Å². The highest BCUT2D eigenvalue weighted by Crippen LogP contribution is 2.19. The highest BCUT2D eigenvalue weighted by molar-refractivity contribution is 6.05. The molecule has 0 saturated heterocycles. The lowest BCUT2D eigenvalue weighted by atomic mass is 10.1. The average Bonchev–Trinajstić information content (AvgIpc) is 3.17. The number of carbonyl (C=O) groups is 2. The van der Waals surface area contributed by atoms with Crippen LogP contribution in [0.3, 0.4) is 0 Å². The summed E-state index contributed by atoms with van der Waals surface area (Å²) in [7, 11) is 0. The summed E-state index contributed by atoms with van der Waals surface area (Å²) in [5.74, 6) is 0.150. The lowest BCUT2D eigenvalue weighted by Gasteiger charge is -2.10. The van der Waals surface area contributed by atoms with Crippen LogP contribution in [-0.4, -0.2) is 27.0 Å². The molecule has 0 aliphatic heterocycles. The minimum Gasteiger partial charge on any atom is -0.326 e. The van der Waals surface area contributed by atoms with Crippen LogP contribution < -0.4 is 10.6 Å². The van der Waals surface area contributed by atoms with Gasteiger partial charge in [0.15, 0.2) is 5.82 Å². The van der Waals surface area contributed by atoms with Crippen molar-refractivity contribution < 1.29 is 9.59 Å². The van der Waals surface area contributed by atoms with Crippen molar-refractivity contribution in [3.05, 3.63) is 60.4 Å². The van der Waals surface area contributed by atoms with Gasteiger partial charge in [-0.25, -0.2) is 4.98 Å². The number of H-pyrrole nitrogens is 1. The highest BCUT2D eigenvalue weighted by Gasteiger charge is 2.11. The van der Waals surface area contributed by atoms with Crippen LogP contribution in [-0.2, 0) is 4.79 Å². The maximum absolute atomic E-state index is 12.5. The van der Waals surface area contributed by atoms with Crippen LogP contribution >= 0.6 is 0 Å². The molecule has 0 radical (unpaired) electrons. The molecule has 0 unspecified atom stereocenters. The molecule has 1 heterocycles. The molecule has 1 aromatic heterocycles. The third-order valence-electron chi connectivity index (χ3n) is 3.73. The molecule has 2 aromatic carbocycles. The number of nitrogens with zero attached hydrogens (tertiary/aromatic N) is 2. The van der Waals surface area contributed by atoms with Gasteiger partial charge in [0.25, 0.3) is 5.91 Å². The zero-order valence-electron chi connectivity index (χ0n) is 14.5. The van der Waals surface area contributed by atoms with Crippen LogP contribution in [0, 0.1) is 5.92 Å². The van der Waals surface area contributed by atoms with Crippen molar-refractivity contribution in [2.75, 3.05) is 10.6 Å². The van der Waals surface area contributed by atoms with Crippen LogP contribution in [0.2, 0.25) is 0 Å². The summed E-state index contributed by atoms with van der Waals surface area (Å²) >= 11 is 0. The fourth-order valence-corrected chi connectivity index (χ4v) is 2.32. The largest absolute Gasteiger partial charge is 0.326 e. The summed E-state index contributed by atoms with van der Waals surface area (Å²) in [5.41, 5.74) is 2.50. The number of amides is 2. The molecule has 3 rings (SSSR count). The summed E-state index contributed by atoms with van der Waals surface area (Å²) in [6, 6.07) is 14.1. The number of aromatic amines is 1. The molecule has 7 nitrogen and oxygen atoms in total. The second kappa shape index (κ2) is 7.60. The molecular weight excluding hydrogens is 330 g/mol. The standard InChI is InChI=1S/C19H19N5O2/c1-12(2)18(25)22-15-7-4-8-16(10-15)23-19(26)14-6-3-5-13(9-14)17-20-11-21-24-17/h3-12H,1-2H3,(H,22,25)(H,23,26)(H,20,21,24). The molecule has 0 aliphatic rings. The van der Waals surface area contributed by atoms with Crippen molar-refractivity contribution in [1.82, 2.24) is 15.2 Å². The van der Waals surface area contributed by atoms with Crippen LogP contribution in [0.15, 0.2) is 54.9 Å². The lowest BCUT2D eigenvalue weighted by molar-refractivity contribution is -0.118. The SMILES string of the molecule is CC(C)C(=O)Nc1cccc(NC(=O)c2cccc(-c3ncn[nH]3)c2)c1. The first kappa shape index (κ1) is 17.3. The monoisotopic (exact) mass is 349 g/mol. The second-order valence-electron chi connectivity index (χ2n) is 6.09. The smallest absolute Gasteiger partial charge is 0.255 e. The van der Waals surface area contributed by atoms with Gasteiger partial charge in [0, 0.05) is 28.4 Å². The first-order valence-corrected chi connectivity index (χ1v) is 8.21. The van der Waals surface area contributed by atoms with Gasteiger partial charge in [0.05, 0.1) is 0 Å². The summed E-state index contributed by atoms with van der Waals surface area (Å²) in [6.45, 7) is 3.64. The Morgan fingerprint density at radius 3 is 2.42 bits per heavy atom. The van der Waals surface area contributed by atoms with Crippen molar-refractivity contribution >= 4 is 23.2 Å². The van der Waals surface area contributed by atoms with E-state index in [1.54, 1.807) is 42.5 Å². The van der Waals surface area contributed by atoms with Crippen molar-refractivity contribution in [3.63, 3.8) is 0 Å². The van der Waals surface area contributed by atoms with Gasteiger partial charge in [-0.15, -0.1) is 0 Å². The third-order valence-corrected chi connectivity index (χ3v) is 3.73. The van der Waals surface area contributed by atoms with Gasteiger partial charge in [0.1, 0.15) is 6.33 Å².